The average Bonchev–Trinajstić information content (AvgIpc) is 3.12. The van der Waals surface area contributed by atoms with E-state index in [0.29, 0.717) is 17.2 Å². The molecule has 28 heavy (non-hydrogen) atoms. The molecule has 0 unspecified atom stereocenters. The minimum Gasteiger partial charge on any atom is -0.454 e. The number of carbonyl (C=O) groups excluding carboxylic acids is 2. The first kappa shape index (κ1) is 19.5. The molecule has 0 saturated heterocycles. The van der Waals surface area contributed by atoms with Crippen LogP contribution < -0.4 is 14.8 Å². The first-order valence-electron chi connectivity index (χ1n) is 8.97. The lowest BCUT2D eigenvalue weighted by atomic mass is 9.86. The van der Waals surface area contributed by atoms with E-state index in [1.165, 1.54) is 6.08 Å². The molecule has 6 heteroatoms. The third kappa shape index (κ3) is 4.91. The molecule has 1 amide bonds. The number of amides is 1. The summed E-state index contributed by atoms with van der Waals surface area (Å²) in [7, 11) is 0. The summed E-state index contributed by atoms with van der Waals surface area (Å²) in [6.45, 7) is 6.04. The van der Waals surface area contributed by atoms with Crippen LogP contribution in [-0.2, 0) is 19.7 Å². The van der Waals surface area contributed by atoms with Gasteiger partial charge in [0.1, 0.15) is 0 Å². The van der Waals surface area contributed by atoms with Gasteiger partial charge in [-0.05, 0) is 40.8 Å². The summed E-state index contributed by atoms with van der Waals surface area (Å²) in [6, 6.07) is 12.9. The maximum atomic E-state index is 12.2. The van der Waals surface area contributed by atoms with E-state index in [2.05, 4.69) is 26.1 Å². The van der Waals surface area contributed by atoms with E-state index in [4.69, 9.17) is 14.2 Å². The molecule has 2 aromatic carbocycles. The number of hydrogen-bond acceptors (Lipinski definition) is 5. The van der Waals surface area contributed by atoms with Gasteiger partial charge in [-0.1, -0.05) is 45.0 Å². The highest BCUT2D eigenvalue weighted by atomic mass is 16.7. The number of fused-ring (bicyclic) bond motifs is 1. The van der Waals surface area contributed by atoms with E-state index in [0.717, 1.165) is 11.1 Å². The molecule has 1 N–H and O–H groups in total. The molecule has 0 aromatic heterocycles. The fraction of sp³-hybridized carbons (Fsp3) is 0.273. The zero-order chi connectivity index (χ0) is 20.1. The number of benzene rings is 2. The Balaban J connectivity index is 1.53. The molecule has 0 fully saturated rings. The standard InChI is InChI=1S/C22H23NO5/c1-22(2,3)16-6-4-5-7-17(16)23-20(24)13-26-21(25)11-9-15-8-10-18-19(12-15)28-14-27-18/h4-12H,13-14H2,1-3H3,(H,23,24)/b11-9+. The van der Waals surface area contributed by atoms with Crippen LogP contribution in [0.15, 0.2) is 48.5 Å². The van der Waals surface area contributed by atoms with Crippen molar-refractivity contribution in [2.24, 2.45) is 0 Å². The van der Waals surface area contributed by atoms with Crippen molar-refractivity contribution < 1.29 is 23.8 Å². The summed E-state index contributed by atoms with van der Waals surface area (Å²) >= 11 is 0. The zero-order valence-electron chi connectivity index (χ0n) is 16.2. The summed E-state index contributed by atoms with van der Waals surface area (Å²) in [5.41, 5.74) is 2.38. The predicted molar refractivity (Wildman–Crippen MR) is 106 cm³/mol. The van der Waals surface area contributed by atoms with Crippen molar-refractivity contribution in [3.8, 4) is 11.5 Å². The molecule has 0 bridgehead atoms. The number of hydrogen-bond donors (Lipinski definition) is 1. The average molecular weight is 381 g/mol. The van der Waals surface area contributed by atoms with Gasteiger partial charge in [-0.3, -0.25) is 4.79 Å². The SMILES string of the molecule is CC(C)(C)c1ccccc1NC(=O)COC(=O)/C=C/c1ccc2c(c1)OCO2. The summed E-state index contributed by atoms with van der Waals surface area (Å²) in [4.78, 5) is 24.0. The highest BCUT2D eigenvalue weighted by Crippen LogP contribution is 2.32. The molecule has 0 spiro atoms. The Hall–Kier alpha value is -3.28. The Morgan fingerprint density at radius 1 is 1.11 bits per heavy atom. The van der Waals surface area contributed by atoms with Crippen molar-refractivity contribution in [3.05, 3.63) is 59.7 Å². The van der Waals surface area contributed by atoms with Crippen molar-refractivity contribution in [1.29, 1.82) is 0 Å². The van der Waals surface area contributed by atoms with Crippen LogP contribution in [0.4, 0.5) is 5.69 Å². The molecule has 2 aromatic rings. The van der Waals surface area contributed by atoms with Crippen LogP contribution >= 0.6 is 0 Å². The van der Waals surface area contributed by atoms with Crippen LogP contribution in [-0.4, -0.2) is 25.3 Å². The lowest BCUT2D eigenvalue weighted by Gasteiger charge is -2.22. The summed E-state index contributed by atoms with van der Waals surface area (Å²) in [5, 5.41) is 2.80. The van der Waals surface area contributed by atoms with Crippen LogP contribution in [0.25, 0.3) is 6.08 Å². The van der Waals surface area contributed by atoms with Gasteiger partial charge in [0.25, 0.3) is 5.91 Å². The van der Waals surface area contributed by atoms with Gasteiger partial charge in [0, 0.05) is 11.8 Å². The maximum Gasteiger partial charge on any atom is 0.331 e. The van der Waals surface area contributed by atoms with Gasteiger partial charge in [-0.15, -0.1) is 0 Å². The molecule has 0 radical (unpaired) electrons. The van der Waals surface area contributed by atoms with Gasteiger partial charge in [-0.2, -0.15) is 0 Å². The van der Waals surface area contributed by atoms with E-state index in [1.54, 1.807) is 24.3 Å². The third-order valence-corrected chi connectivity index (χ3v) is 4.16. The highest BCUT2D eigenvalue weighted by Gasteiger charge is 2.19. The number of carbonyl (C=O) groups is 2. The minimum atomic E-state index is -0.600. The predicted octanol–water partition coefficient (Wildman–Crippen LogP) is 3.91. The molecule has 0 atom stereocenters. The van der Waals surface area contributed by atoms with Crippen molar-refractivity contribution in [1.82, 2.24) is 0 Å². The van der Waals surface area contributed by atoms with Gasteiger partial charge in [-0.25, -0.2) is 4.79 Å². The summed E-state index contributed by atoms with van der Waals surface area (Å²) in [5.74, 6) is 0.317. The third-order valence-electron chi connectivity index (χ3n) is 4.16. The highest BCUT2D eigenvalue weighted by molar-refractivity contribution is 5.95. The first-order chi connectivity index (χ1) is 13.3. The molecular weight excluding hydrogens is 358 g/mol. The largest absolute Gasteiger partial charge is 0.454 e. The van der Waals surface area contributed by atoms with E-state index in [-0.39, 0.29) is 24.7 Å². The van der Waals surface area contributed by atoms with Crippen LogP contribution in [0.3, 0.4) is 0 Å². The second kappa shape index (κ2) is 8.17. The van der Waals surface area contributed by atoms with Gasteiger partial charge in [0.2, 0.25) is 6.79 Å². The molecule has 3 rings (SSSR count). The lowest BCUT2D eigenvalue weighted by Crippen LogP contribution is -2.23. The van der Waals surface area contributed by atoms with Crippen LogP contribution in [0.1, 0.15) is 31.9 Å². The van der Waals surface area contributed by atoms with Crippen LogP contribution in [0, 0.1) is 0 Å². The fourth-order valence-electron chi connectivity index (χ4n) is 2.80. The molecule has 146 valence electrons. The number of nitrogens with one attached hydrogen (secondary N) is 1. The van der Waals surface area contributed by atoms with Crippen molar-refractivity contribution in [2.75, 3.05) is 18.7 Å². The summed E-state index contributed by atoms with van der Waals surface area (Å²) in [6.07, 6.45) is 2.87. The fourth-order valence-corrected chi connectivity index (χ4v) is 2.80. The number of ether oxygens (including phenoxy) is 3. The Labute approximate surface area is 164 Å². The maximum absolute atomic E-state index is 12.2. The van der Waals surface area contributed by atoms with E-state index < -0.39 is 5.97 Å². The molecule has 1 aliphatic heterocycles. The first-order valence-corrected chi connectivity index (χ1v) is 8.97. The van der Waals surface area contributed by atoms with Crippen LogP contribution in [0.2, 0.25) is 0 Å². The van der Waals surface area contributed by atoms with Crippen molar-refractivity contribution in [3.63, 3.8) is 0 Å². The molecule has 6 nitrogen and oxygen atoms in total. The zero-order valence-corrected chi connectivity index (χ0v) is 16.2. The number of para-hydroxylation sites is 1. The normalized spacial score (nSPS) is 12.8. The van der Waals surface area contributed by atoms with Gasteiger partial charge in [0.15, 0.2) is 18.1 Å². The molecule has 0 saturated carbocycles. The molecule has 1 heterocycles. The topological polar surface area (TPSA) is 73.9 Å². The number of rotatable bonds is 5. The van der Waals surface area contributed by atoms with Gasteiger partial charge in [0.05, 0.1) is 0 Å². The van der Waals surface area contributed by atoms with Gasteiger partial charge < -0.3 is 19.5 Å². The second-order valence-corrected chi connectivity index (χ2v) is 7.40. The van der Waals surface area contributed by atoms with E-state index in [1.807, 2.05) is 24.3 Å². The van der Waals surface area contributed by atoms with Gasteiger partial charge >= 0.3 is 5.97 Å². The molecular formula is C22H23NO5. The molecule has 0 aliphatic carbocycles. The number of anilines is 1. The smallest absolute Gasteiger partial charge is 0.331 e. The Morgan fingerprint density at radius 3 is 2.64 bits per heavy atom. The van der Waals surface area contributed by atoms with Crippen LogP contribution in [0.5, 0.6) is 11.5 Å². The monoisotopic (exact) mass is 381 g/mol. The van der Waals surface area contributed by atoms with E-state index in [9.17, 15) is 9.59 Å². The quantitative estimate of drug-likeness (QED) is 0.628. The Kier molecular flexibility index (Phi) is 5.68. The summed E-state index contributed by atoms with van der Waals surface area (Å²) < 4.78 is 15.6. The molecule has 1 aliphatic rings. The minimum absolute atomic E-state index is 0.117. The number of esters is 1. The van der Waals surface area contributed by atoms with Crippen molar-refractivity contribution >= 4 is 23.6 Å². The second-order valence-electron chi connectivity index (χ2n) is 7.40. The lowest BCUT2D eigenvalue weighted by molar-refractivity contribution is -0.142. The Bertz CT molecular complexity index is 911. The Morgan fingerprint density at radius 2 is 1.86 bits per heavy atom. The van der Waals surface area contributed by atoms with Crippen molar-refractivity contribution in [2.45, 2.75) is 26.2 Å². The van der Waals surface area contributed by atoms with E-state index >= 15 is 0 Å².